The van der Waals surface area contributed by atoms with E-state index < -0.39 is 9.05 Å². The van der Waals surface area contributed by atoms with Gasteiger partial charge < -0.3 is 0 Å². The van der Waals surface area contributed by atoms with Crippen LogP contribution >= 0.6 is 10.7 Å². The molecule has 110 valence electrons. The molecule has 0 bridgehead atoms. The summed E-state index contributed by atoms with van der Waals surface area (Å²) < 4.78 is 24.8. The molecule has 0 saturated heterocycles. The van der Waals surface area contributed by atoms with Gasteiger partial charge in [-0.25, -0.2) is 8.42 Å². The topological polar surface area (TPSA) is 64.8 Å². The van der Waals surface area contributed by atoms with Crippen molar-refractivity contribution in [2.75, 3.05) is 0 Å². The summed E-state index contributed by atoms with van der Waals surface area (Å²) in [5.41, 5.74) is 0. The Bertz CT molecular complexity index is 527. The van der Waals surface area contributed by atoms with Crippen molar-refractivity contribution >= 4 is 19.7 Å². The summed E-state index contributed by atoms with van der Waals surface area (Å²) in [6.07, 6.45) is 0. The minimum absolute atomic E-state index is 0.0616. The van der Waals surface area contributed by atoms with Crippen LogP contribution in [0, 0.1) is 11.8 Å². The number of nitrogens with zero attached hydrogens (tertiary/aromatic N) is 3. The number of hydrogen-bond acceptors (Lipinski definition) is 4. The lowest BCUT2D eigenvalue weighted by atomic mass is 9.85. The lowest BCUT2D eigenvalue weighted by molar-refractivity contribution is 0.347. The molecular formula is C12H22ClN3O2S. The van der Waals surface area contributed by atoms with E-state index in [1.807, 2.05) is 13.8 Å². The van der Waals surface area contributed by atoms with Crippen LogP contribution in [0.4, 0.5) is 0 Å². The van der Waals surface area contributed by atoms with Gasteiger partial charge in [-0.1, -0.05) is 27.7 Å². The normalized spacial score (nSPS) is 13.2. The van der Waals surface area contributed by atoms with Crippen molar-refractivity contribution in [2.45, 2.75) is 58.7 Å². The van der Waals surface area contributed by atoms with E-state index in [1.54, 1.807) is 4.57 Å². The third kappa shape index (κ3) is 3.48. The molecule has 0 aliphatic rings. The van der Waals surface area contributed by atoms with Gasteiger partial charge in [0.25, 0.3) is 14.2 Å². The zero-order valence-electron chi connectivity index (χ0n) is 12.3. The van der Waals surface area contributed by atoms with Crippen molar-refractivity contribution in [1.29, 1.82) is 0 Å². The molecular weight excluding hydrogens is 286 g/mol. The fraction of sp³-hybridized carbons (Fsp3) is 0.833. The standard InChI is InChI=1S/C12H22ClN3O2S/c1-7(2)10(8(3)4)11-14-15-12(19(13,17)18)16(11)9(5)6/h7-10H,1-6H3. The molecule has 0 unspecified atom stereocenters. The quantitative estimate of drug-likeness (QED) is 0.784. The van der Waals surface area contributed by atoms with Crippen molar-refractivity contribution in [1.82, 2.24) is 14.8 Å². The molecule has 1 aromatic heterocycles. The lowest BCUT2D eigenvalue weighted by Gasteiger charge is -2.26. The van der Waals surface area contributed by atoms with Crippen molar-refractivity contribution in [3.05, 3.63) is 5.82 Å². The van der Waals surface area contributed by atoms with Crippen molar-refractivity contribution < 1.29 is 8.42 Å². The van der Waals surface area contributed by atoms with Crippen LogP contribution in [-0.2, 0) is 9.05 Å². The molecule has 0 aliphatic carbocycles. The van der Waals surface area contributed by atoms with Gasteiger partial charge in [0.15, 0.2) is 0 Å². The third-order valence-electron chi connectivity index (χ3n) is 3.16. The second-order valence-corrected chi connectivity index (χ2v) is 8.22. The molecule has 5 nitrogen and oxygen atoms in total. The van der Waals surface area contributed by atoms with E-state index in [0.29, 0.717) is 17.7 Å². The van der Waals surface area contributed by atoms with Gasteiger partial charge in [-0.05, 0) is 25.7 Å². The Morgan fingerprint density at radius 2 is 1.47 bits per heavy atom. The first-order valence-corrected chi connectivity index (χ1v) is 8.77. The average Bonchev–Trinajstić information content (AvgIpc) is 2.59. The molecule has 1 heterocycles. The van der Waals surface area contributed by atoms with Crippen LogP contribution in [0.3, 0.4) is 0 Å². The molecule has 1 aromatic rings. The second-order valence-electron chi connectivity index (χ2n) is 5.76. The van der Waals surface area contributed by atoms with Crippen LogP contribution < -0.4 is 0 Å². The summed E-state index contributed by atoms with van der Waals surface area (Å²) in [6, 6.07) is -0.0616. The number of hydrogen-bond donors (Lipinski definition) is 0. The van der Waals surface area contributed by atoms with E-state index >= 15 is 0 Å². The molecule has 0 radical (unpaired) electrons. The van der Waals surface area contributed by atoms with Crippen molar-refractivity contribution in [3.8, 4) is 0 Å². The second kappa shape index (κ2) is 5.79. The molecule has 0 atom stereocenters. The van der Waals surface area contributed by atoms with Crippen LogP contribution in [-0.4, -0.2) is 23.2 Å². The Hall–Kier alpha value is -0.620. The highest BCUT2D eigenvalue weighted by atomic mass is 35.7. The SMILES string of the molecule is CC(C)C(c1nnc(S(=O)(=O)Cl)n1C(C)C)C(C)C. The predicted octanol–water partition coefficient (Wildman–Crippen LogP) is 3.18. The van der Waals surface area contributed by atoms with E-state index in [9.17, 15) is 8.42 Å². The minimum Gasteiger partial charge on any atom is -0.298 e. The van der Waals surface area contributed by atoms with Crippen LogP contribution in [0.5, 0.6) is 0 Å². The smallest absolute Gasteiger partial charge is 0.296 e. The highest BCUT2D eigenvalue weighted by molar-refractivity contribution is 8.13. The summed E-state index contributed by atoms with van der Waals surface area (Å²) >= 11 is 0. The monoisotopic (exact) mass is 307 g/mol. The Labute approximate surface area is 119 Å². The van der Waals surface area contributed by atoms with Gasteiger partial charge in [0, 0.05) is 22.6 Å². The van der Waals surface area contributed by atoms with Gasteiger partial charge in [-0.2, -0.15) is 0 Å². The Morgan fingerprint density at radius 1 is 1.00 bits per heavy atom. The highest BCUT2D eigenvalue weighted by Gasteiger charge is 2.31. The maximum absolute atomic E-state index is 11.6. The van der Waals surface area contributed by atoms with Gasteiger partial charge >= 0.3 is 0 Å². The minimum atomic E-state index is -3.88. The Balaban J connectivity index is 3.49. The number of rotatable bonds is 5. The summed E-state index contributed by atoms with van der Waals surface area (Å²) in [6.45, 7) is 12.2. The molecule has 19 heavy (non-hydrogen) atoms. The van der Waals surface area contributed by atoms with Crippen LogP contribution in [0.1, 0.15) is 59.3 Å². The third-order valence-corrected chi connectivity index (χ3v) is 4.29. The van der Waals surface area contributed by atoms with E-state index in [0.717, 1.165) is 0 Å². The predicted molar refractivity (Wildman–Crippen MR) is 75.9 cm³/mol. The molecule has 0 N–H and O–H groups in total. The van der Waals surface area contributed by atoms with Gasteiger partial charge in [0.2, 0.25) is 0 Å². The van der Waals surface area contributed by atoms with Gasteiger partial charge in [0.1, 0.15) is 5.82 Å². The maximum Gasteiger partial charge on any atom is 0.296 e. The molecule has 0 aromatic carbocycles. The molecule has 7 heteroatoms. The largest absolute Gasteiger partial charge is 0.298 e. The summed E-state index contributed by atoms with van der Waals surface area (Å²) in [7, 11) is 1.55. The molecule has 0 aliphatic heterocycles. The van der Waals surface area contributed by atoms with Crippen LogP contribution in [0.25, 0.3) is 0 Å². The maximum atomic E-state index is 11.6. The fourth-order valence-electron chi connectivity index (χ4n) is 2.53. The summed E-state index contributed by atoms with van der Waals surface area (Å²) in [4.78, 5) is 0. The van der Waals surface area contributed by atoms with Crippen LogP contribution in [0.15, 0.2) is 5.16 Å². The Kier molecular flexibility index (Phi) is 5.01. The number of halogens is 1. The first-order valence-electron chi connectivity index (χ1n) is 6.46. The van der Waals surface area contributed by atoms with Gasteiger partial charge in [-0.15, -0.1) is 10.2 Å². The average molecular weight is 308 g/mol. The van der Waals surface area contributed by atoms with Gasteiger partial charge in [-0.3, -0.25) is 4.57 Å². The molecule has 1 rings (SSSR count). The first-order chi connectivity index (χ1) is 8.57. The van der Waals surface area contributed by atoms with E-state index in [1.165, 1.54) is 0 Å². The van der Waals surface area contributed by atoms with E-state index in [2.05, 4.69) is 37.9 Å². The Morgan fingerprint density at radius 3 is 1.79 bits per heavy atom. The molecule has 0 amide bonds. The molecule has 0 spiro atoms. The highest BCUT2D eigenvalue weighted by Crippen LogP contribution is 2.33. The van der Waals surface area contributed by atoms with Crippen molar-refractivity contribution in [3.63, 3.8) is 0 Å². The number of aromatic nitrogens is 3. The zero-order valence-corrected chi connectivity index (χ0v) is 13.8. The molecule has 0 saturated carbocycles. The first kappa shape index (κ1) is 16.4. The zero-order chi connectivity index (χ0) is 15.0. The van der Waals surface area contributed by atoms with E-state index in [-0.39, 0.29) is 17.1 Å². The van der Waals surface area contributed by atoms with E-state index in [4.69, 9.17) is 10.7 Å². The van der Waals surface area contributed by atoms with Crippen LogP contribution in [0.2, 0.25) is 0 Å². The summed E-state index contributed by atoms with van der Waals surface area (Å²) in [5, 5.41) is 7.72. The lowest BCUT2D eigenvalue weighted by Crippen LogP contribution is -2.21. The van der Waals surface area contributed by atoms with Gasteiger partial charge in [0.05, 0.1) is 0 Å². The summed E-state index contributed by atoms with van der Waals surface area (Å²) in [5.74, 6) is 1.52. The van der Waals surface area contributed by atoms with Crippen molar-refractivity contribution in [2.24, 2.45) is 11.8 Å². The fourth-order valence-corrected chi connectivity index (χ4v) is 3.53. The molecule has 0 fully saturated rings.